The van der Waals surface area contributed by atoms with E-state index in [-0.39, 0.29) is 10.8 Å². The monoisotopic (exact) mass is 204 g/mol. The van der Waals surface area contributed by atoms with Crippen molar-refractivity contribution in [1.82, 2.24) is 4.98 Å². The Hall–Kier alpha value is -1.05. The van der Waals surface area contributed by atoms with Crippen LogP contribution in [0.2, 0.25) is 0 Å². The Morgan fingerprint density at radius 1 is 1.62 bits per heavy atom. The molecule has 74 valence electrons. The fourth-order valence-electron chi connectivity index (χ4n) is 0.870. The summed E-state index contributed by atoms with van der Waals surface area (Å²) in [5.74, 6) is 5.38. The quantitative estimate of drug-likeness (QED) is 0.378. The number of thiazole rings is 1. The number of aromatic amines is 1. The number of hydrogen-bond donors (Lipinski definition) is 4. The smallest absolute Gasteiger partial charge is 0.309 e. The number of aromatic nitrogens is 1. The molecule has 1 heterocycles. The number of hydrazine groups is 1. The zero-order chi connectivity index (χ0) is 9.84. The normalized spacial score (nSPS) is 10.3. The third-order valence-electron chi connectivity index (χ3n) is 1.48. The first-order valence-electron chi connectivity index (χ1n) is 3.79. The van der Waals surface area contributed by atoms with Gasteiger partial charge in [-0.15, -0.1) is 0 Å². The molecule has 0 fully saturated rings. The second-order valence-electron chi connectivity index (χ2n) is 2.50. The van der Waals surface area contributed by atoms with Gasteiger partial charge in [0, 0.05) is 6.54 Å². The summed E-state index contributed by atoms with van der Waals surface area (Å²) in [6.07, 6.45) is 0.710. The lowest BCUT2D eigenvalue weighted by Gasteiger charge is -2.14. The molecule has 0 aromatic carbocycles. The highest BCUT2D eigenvalue weighted by molar-refractivity contribution is 7.13. The van der Waals surface area contributed by atoms with Crippen molar-refractivity contribution in [2.75, 3.05) is 18.1 Å². The predicted octanol–water partition coefficient (Wildman–Crippen LogP) is -0.829. The molecule has 0 radical (unpaired) electrons. The molecule has 7 heteroatoms. The van der Waals surface area contributed by atoms with E-state index in [0.717, 1.165) is 11.3 Å². The molecule has 1 aromatic heterocycles. The standard InChI is InChI=1S/C6H12N4O2S/c7-2-1-3-10(8)5-4(11)9-6(12)13-5/h11H,1-3,7-8H2,(H,9,12). The van der Waals surface area contributed by atoms with Gasteiger partial charge in [0.25, 0.3) is 0 Å². The van der Waals surface area contributed by atoms with Crippen molar-refractivity contribution in [2.45, 2.75) is 6.42 Å². The number of hydrogen-bond acceptors (Lipinski definition) is 6. The minimum Gasteiger partial charge on any atom is -0.492 e. The van der Waals surface area contributed by atoms with E-state index in [4.69, 9.17) is 11.6 Å². The van der Waals surface area contributed by atoms with Crippen LogP contribution in [0.1, 0.15) is 6.42 Å². The van der Waals surface area contributed by atoms with E-state index in [1.807, 2.05) is 0 Å². The molecule has 0 saturated carbocycles. The van der Waals surface area contributed by atoms with Crippen LogP contribution in [-0.2, 0) is 0 Å². The summed E-state index contributed by atoms with van der Waals surface area (Å²) in [5.41, 5.74) is 5.29. The van der Waals surface area contributed by atoms with Gasteiger partial charge in [0.2, 0.25) is 5.88 Å². The topological polar surface area (TPSA) is 108 Å². The summed E-state index contributed by atoms with van der Waals surface area (Å²) in [5, 5.41) is 10.9. The van der Waals surface area contributed by atoms with Crippen LogP contribution in [-0.4, -0.2) is 23.2 Å². The molecule has 0 aliphatic carbocycles. The number of anilines is 1. The Labute approximate surface area is 78.8 Å². The molecule has 0 saturated heterocycles. The van der Waals surface area contributed by atoms with Gasteiger partial charge in [-0.1, -0.05) is 11.3 Å². The van der Waals surface area contributed by atoms with Crippen LogP contribution in [0.15, 0.2) is 4.79 Å². The Bertz CT molecular complexity index is 321. The summed E-state index contributed by atoms with van der Waals surface area (Å²) in [4.78, 5) is 12.7. The summed E-state index contributed by atoms with van der Waals surface area (Å²) < 4.78 is 0. The molecule has 0 spiro atoms. The molecule has 6 nitrogen and oxygen atoms in total. The maximum Gasteiger partial charge on any atom is 0.309 e. The lowest BCUT2D eigenvalue weighted by atomic mass is 10.4. The average molecular weight is 204 g/mol. The molecule has 1 aromatic rings. The highest BCUT2D eigenvalue weighted by atomic mass is 32.1. The Balaban J connectivity index is 2.70. The third-order valence-corrected chi connectivity index (χ3v) is 2.39. The number of nitrogens with two attached hydrogens (primary N) is 2. The lowest BCUT2D eigenvalue weighted by molar-refractivity contribution is 0.455. The maximum atomic E-state index is 10.8. The lowest BCUT2D eigenvalue weighted by Crippen LogP contribution is -2.32. The Kier molecular flexibility index (Phi) is 3.29. The molecular formula is C6H12N4O2S. The number of nitrogens with zero attached hydrogens (tertiary/aromatic N) is 1. The van der Waals surface area contributed by atoms with Gasteiger partial charge in [0.1, 0.15) is 0 Å². The van der Waals surface area contributed by atoms with Gasteiger partial charge >= 0.3 is 4.87 Å². The zero-order valence-electron chi connectivity index (χ0n) is 6.99. The molecule has 0 amide bonds. The minimum absolute atomic E-state index is 0.186. The van der Waals surface area contributed by atoms with E-state index in [2.05, 4.69) is 4.98 Å². The molecule has 13 heavy (non-hydrogen) atoms. The van der Waals surface area contributed by atoms with Gasteiger partial charge in [-0.2, -0.15) is 0 Å². The maximum absolute atomic E-state index is 10.8. The fourth-order valence-corrected chi connectivity index (χ4v) is 1.55. The Morgan fingerprint density at radius 3 is 2.77 bits per heavy atom. The molecule has 0 atom stereocenters. The van der Waals surface area contributed by atoms with Crippen LogP contribution < -0.4 is 21.5 Å². The molecule has 6 N–H and O–H groups in total. The van der Waals surface area contributed by atoms with E-state index < -0.39 is 0 Å². The average Bonchev–Trinajstić information content (AvgIpc) is 2.41. The first kappa shape index (κ1) is 10.0. The van der Waals surface area contributed by atoms with E-state index in [9.17, 15) is 9.90 Å². The van der Waals surface area contributed by atoms with Crippen LogP contribution in [0, 0.1) is 0 Å². The Morgan fingerprint density at radius 2 is 2.31 bits per heavy atom. The van der Waals surface area contributed by atoms with E-state index >= 15 is 0 Å². The minimum atomic E-state index is -0.323. The molecule has 0 aliphatic heterocycles. The predicted molar refractivity (Wildman–Crippen MR) is 51.8 cm³/mol. The molecule has 1 rings (SSSR count). The van der Waals surface area contributed by atoms with Crippen molar-refractivity contribution in [2.24, 2.45) is 11.6 Å². The third kappa shape index (κ3) is 2.44. The molecule has 0 bridgehead atoms. The van der Waals surface area contributed by atoms with Gasteiger partial charge in [0.15, 0.2) is 5.00 Å². The fraction of sp³-hybridized carbons (Fsp3) is 0.500. The van der Waals surface area contributed by atoms with Crippen LogP contribution in [0.4, 0.5) is 5.00 Å². The summed E-state index contributed by atoms with van der Waals surface area (Å²) >= 11 is 0.872. The van der Waals surface area contributed by atoms with Gasteiger partial charge in [-0.3, -0.25) is 14.8 Å². The summed E-state index contributed by atoms with van der Waals surface area (Å²) in [6, 6.07) is 0. The number of rotatable bonds is 4. The second kappa shape index (κ2) is 4.26. The SMILES string of the molecule is NCCCN(N)c1sc(=O)[nH]c1O. The van der Waals surface area contributed by atoms with Crippen molar-refractivity contribution < 1.29 is 5.11 Å². The first-order valence-corrected chi connectivity index (χ1v) is 4.61. The highest BCUT2D eigenvalue weighted by Crippen LogP contribution is 2.25. The van der Waals surface area contributed by atoms with Crippen molar-refractivity contribution in [1.29, 1.82) is 0 Å². The second-order valence-corrected chi connectivity index (χ2v) is 3.47. The largest absolute Gasteiger partial charge is 0.492 e. The molecular weight excluding hydrogens is 192 g/mol. The number of nitrogens with one attached hydrogen (secondary N) is 1. The van der Waals surface area contributed by atoms with Crippen molar-refractivity contribution in [3.63, 3.8) is 0 Å². The van der Waals surface area contributed by atoms with Crippen molar-refractivity contribution in [3.8, 4) is 5.88 Å². The van der Waals surface area contributed by atoms with Crippen LogP contribution in [0.3, 0.4) is 0 Å². The summed E-state index contributed by atoms with van der Waals surface area (Å²) in [6.45, 7) is 1.03. The van der Waals surface area contributed by atoms with Gasteiger partial charge in [-0.25, -0.2) is 5.84 Å². The van der Waals surface area contributed by atoms with E-state index in [1.165, 1.54) is 5.01 Å². The van der Waals surface area contributed by atoms with Gasteiger partial charge in [-0.05, 0) is 13.0 Å². The van der Waals surface area contributed by atoms with Crippen LogP contribution in [0.25, 0.3) is 0 Å². The van der Waals surface area contributed by atoms with Gasteiger partial charge < -0.3 is 10.8 Å². The summed E-state index contributed by atoms with van der Waals surface area (Å²) in [7, 11) is 0. The van der Waals surface area contributed by atoms with E-state index in [0.29, 0.717) is 24.5 Å². The number of aromatic hydroxyl groups is 1. The molecule has 0 aliphatic rings. The highest BCUT2D eigenvalue weighted by Gasteiger charge is 2.11. The van der Waals surface area contributed by atoms with Crippen molar-refractivity contribution in [3.05, 3.63) is 9.67 Å². The zero-order valence-corrected chi connectivity index (χ0v) is 7.80. The van der Waals surface area contributed by atoms with Gasteiger partial charge in [0.05, 0.1) is 0 Å². The van der Waals surface area contributed by atoms with Crippen LogP contribution >= 0.6 is 11.3 Å². The number of H-pyrrole nitrogens is 1. The van der Waals surface area contributed by atoms with Crippen molar-refractivity contribution >= 4 is 16.3 Å². The molecule has 0 unspecified atom stereocenters. The van der Waals surface area contributed by atoms with Crippen LogP contribution in [0.5, 0.6) is 5.88 Å². The first-order chi connectivity index (χ1) is 6.15. The van der Waals surface area contributed by atoms with E-state index in [1.54, 1.807) is 0 Å².